The number of ether oxygens (including phenoxy) is 1. The largest absolute Gasteiger partial charge is 0.468 e. The molecule has 0 bridgehead atoms. The number of alkyl halides is 3. The summed E-state index contributed by atoms with van der Waals surface area (Å²) >= 11 is 0. The molecule has 2 aromatic rings. The number of nitrogens with zero attached hydrogens (tertiary/aromatic N) is 2. The fraction of sp³-hybridized carbons (Fsp3) is 0.444. The Labute approximate surface area is 151 Å². The van der Waals surface area contributed by atoms with Gasteiger partial charge in [0.05, 0.1) is 11.9 Å². The summed E-state index contributed by atoms with van der Waals surface area (Å²) in [6, 6.07) is 5.47. The number of hydrogen-bond acceptors (Lipinski definition) is 3. The van der Waals surface area contributed by atoms with Gasteiger partial charge in [-0.2, -0.15) is 13.2 Å². The van der Waals surface area contributed by atoms with Crippen molar-refractivity contribution in [3.05, 3.63) is 53.5 Å². The van der Waals surface area contributed by atoms with E-state index in [-0.39, 0.29) is 11.6 Å². The second-order valence-electron chi connectivity index (χ2n) is 4.24. The van der Waals surface area contributed by atoms with Gasteiger partial charge in [0.25, 0.3) is 0 Å². The second kappa shape index (κ2) is 14.0. The van der Waals surface area contributed by atoms with Gasteiger partial charge in [0.1, 0.15) is 11.6 Å². The number of hydrogen-bond donors (Lipinski definition) is 0. The van der Waals surface area contributed by atoms with Crippen LogP contribution in [0.3, 0.4) is 0 Å². The van der Waals surface area contributed by atoms with Gasteiger partial charge >= 0.3 is 6.18 Å². The third-order valence-corrected chi connectivity index (χ3v) is 2.24. The molecule has 8 heteroatoms. The average Bonchev–Trinajstić information content (AvgIpc) is 2.60. The molecule has 0 spiro atoms. The minimum absolute atomic E-state index is 0.00248. The van der Waals surface area contributed by atoms with E-state index in [2.05, 4.69) is 14.7 Å². The number of rotatable bonds is 2. The van der Waals surface area contributed by atoms with Gasteiger partial charge in [0.2, 0.25) is 5.88 Å². The minimum atomic E-state index is -4.31. The van der Waals surface area contributed by atoms with Crippen molar-refractivity contribution >= 4 is 0 Å². The third kappa shape index (κ3) is 13.1. The van der Waals surface area contributed by atoms with Crippen LogP contribution in [0.2, 0.25) is 0 Å². The normalized spacial score (nSPS) is 9.50. The highest BCUT2D eigenvalue weighted by Crippen LogP contribution is 2.16. The van der Waals surface area contributed by atoms with E-state index >= 15 is 0 Å². The molecular formula is C18H25F5N2O. The SMILES string of the molecule is CC.CC.Cc1cccc(OCC(F)(F)F)n1.Cc1ncc(F)cc1F. The van der Waals surface area contributed by atoms with E-state index < -0.39 is 24.4 Å². The molecule has 2 aromatic heterocycles. The maximum atomic E-state index is 12.3. The van der Waals surface area contributed by atoms with Crippen LogP contribution >= 0.6 is 0 Å². The summed E-state index contributed by atoms with van der Waals surface area (Å²) in [5.41, 5.74) is 0.844. The first-order valence-corrected chi connectivity index (χ1v) is 8.08. The van der Waals surface area contributed by atoms with Crippen molar-refractivity contribution in [1.82, 2.24) is 9.97 Å². The maximum absolute atomic E-state index is 12.3. The van der Waals surface area contributed by atoms with Gasteiger partial charge in [-0.15, -0.1) is 0 Å². The first kappa shape index (κ1) is 26.0. The van der Waals surface area contributed by atoms with Crippen LogP contribution in [0, 0.1) is 25.5 Å². The Bertz CT molecular complexity index is 619. The lowest BCUT2D eigenvalue weighted by Crippen LogP contribution is -2.19. The molecule has 0 aromatic carbocycles. The van der Waals surface area contributed by atoms with Crippen molar-refractivity contribution in [3.63, 3.8) is 0 Å². The molecule has 0 saturated heterocycles. The molecule has 2 rings (SSSR count). The minimum Gasteiger partial charge on any atom is -0.468 e. The van der Waals surface area contributed by atoms with E-state index in [9.17, 15) is 22.0 Å². The fourth-order valence-corrected chi connectivity index (χ4v) is 1.24. The van der Waals surface area contributed by atoms with Gasteiger partial charge in [-0.1, -0.05) is 33.8 Å². The Hall–Kier alpha value is -2.25. The smallest absolute Gasteiger partial charge is 0.422 e. The zero-order valence-electron chi connectivity index (χ0n) is 15.8. The van der Waals surface area contributed by atoms with Crippen molar-refractivity contribution < 1.29 is 26.7 Å². The van der Waals surface area contributed by atoms with Gasteiger partial charge in [0.15, 0.2) is 6.61 Å². The third-order valence-electron chi connectivity index (χ3n) is 2.24. The molecular weight excluding hydrogens is 355 g/mol. The van der Waals surface area contributed by atoms with Crippen molar-refractivity contribution in [3.8, 4) is 5.88 Å². The molecule has 0 amide bonds. The summed E-state index contributed by atoms with van der Waals surface area (Å²) in [6.07, 6.45) is -3.33. The van der Waals surface area contributed by atoms with Crippen LogP contribution in [0.4, 0.5) is 22.0 Å². The predicted octanol–water partition coefficient (Wildman–Crippen LogP) is 6.05. The van der Waals surface area contributed by atoms with Gasteiger partial charge in [-0.3, -0.25) is 4.98 Å². The Balaban J connectivity index is 0. The molecule has 0 aliphatic heterocycles. The number of aromatic nitrogens is 2. The maximum Gasteiger partial charge on any atom is 0.422 e. The van der Waals surface area contributed by atoms with Crippen LogP contribution in [0.15, 0.2) is 30.5 Å². The summed E-state index contributed by atoms with van der Waals surface area (Å²) in [4.78, 5) is 7.18. The lowest BCUT2D eigenvalue weighted by molar-refractivity contribution is -0.154. The summed E-state index contributed by atoms with van der Waals surface area (Å²) in [7, 11) is 0. The number of halogens is 5. The number of pyridine rings is 2. The molecule has 0 radical (unpaired) electrons. The summed E-state index contributed by atoms with van der Waals surface area (Å²) < 4.78 is 63.8. The van der Waals surface area contributed by atoms with E-state index in [0.29, 0.717) is 5.69 Å². The van der Waals surface area contributed by atoms with Crippen LogP contribution < -0.4 is 4.74 Å². The molecule has 148 valence electrons. The molecule has 2 heterocycles. The van der Waals surface area contributed by atoms with Crippen molar-refractivity contribution in [2.75, 3.05) is 6.61 Å². The quantitative estimate of drug-likeness (QED) is 0.595. The average molecular weight is 380 g/mol. The molecule has 0 aliphatic rings. The van der Waals surface area contributed by atoms with Gasteiger partial charge in [-0.25, -0.2) is 13.8 Å². The van der Waals surface area contributed by atoms with Gasteiger partial charge < -0.3 is 4.74 Å². The molecule has 0 aliphatic carbocycles. The summed E-state index contributed by atoms with van der Waals surface area (Å²) in [6.45, 7) is 9.86. The van der Waals surface area contributed by atoms with Crippen LogP contribution in [-0.4, -0.2) is 22.8 Å². The zero-order valence-corrected chi connectivity index (χ0v) is 15.8. The summed E-state index contributed by atoms with van der Waals surface area (Å²) in [5, 5.41) is 0. The monoisotopic (exact) mass is 380 g/mol. The molecule has 0 atom stereocenters. The zero-order chi connectivity index (χ0) is 20.8. The van der Waals surface area contributed by atoms with Crippen LogP contribution in [0.25, 0.3) is 0 Å². The molecule has 0 fully saturated rings. The first-order valence-electron chi connectivity index (χ1n) is 8.08. The van der Waals surface area contributed by atoms with Crippen LogP contribution in [0.1, 0.15) is 39.1 Å². The summed E-state index contributed by atoms with van der Waals surface area (Å²) in [5.74, 6) is -1.24. The highest BCUT2D eigenvalue weighted by Gasteiger charge is 2.28. The van der Waals surface area contributed by atoms with E-state index in [1.807, 2.05) is 27.7 Å². The van der Waals surface area contributed by atoms with Crippen molar-refractivity contribution in [2.24, 2.45) is 0 Å². The molecule has 0 N–H and O–H groups in total. The lowest BCUT2D eigenvalue weighted by Gasteiger charge is -2.07. The highest BCUT2D eigenvalue weighted by atomic mass is 19.4. The predicted molar refractivity (Wildman–Crippen MR) is 92.1 cm³/mol. The van der Waals surface area contributed by atoms with Crippen LogP contribution in [0.5, 0.6) is 5.88 Å². The van der Waals surface area contributed by atoms with Crippen molar-refractivity contribution in [2.45, 2.75) is 47.7 Å². The molecule has 0 saturated carbocycles. The van der Waals surface area contributed by atoms with Gasteiger partial charge in [-0.05, 0) is 19.9 Å². The second-order valence-corrected chi connectivity index (χ2v) is 4.24. The van der Waals surface area contributed by atoms with Crippen LogP contribution in [-0.2, 0) is 0 Å². The Morgan fingerprint density at radius 3 is 2.00 bits per heavy atom. The first-order chi connectivity index (χ1) is 12.2. The topological polar surface area (TPSA) is 35.0 Å². The van der Waals surface area contributed by atoms with E-state index in [4.69, 9.17) is 0 Å². The Morgan fingerprint density at radius 2 is 1.58 bits per heavy atom. The van der Waals surface area contributed by atoms with E-state index in [1.165, 1.54) is 13.0 Å². The van der Waals surface area contributed by atoms with Gasteiger partial charge in [0, 0.05) is 17.8 Å². The molecule has 0 unspecified atom stereocenters. The fourth-order valence-electron chi connectivity index (χ4n) is 1.24. The standard InChI is InChI=1S/C8H8F3NO.C6H5F2N.2C2H6/c1-6-3-2-4-7(12-6)13-5-8(9,10)11;1-4-6(8)2-5(7)3-9-4;2*1-2/h2-4H,5H2,1H3;2-3H,1H3;2*1-2H3. The van der Waals surface area contributed by atoms with E-state index in [0.717, 1.165) is 12.3 Å². The Kier molecular flexibility index (Phi) is 14.0. The van der Waals surface area contributed by atoms with Crippen molar-refractivity contribution in [1.29, 1.82) is 0 Å². The lowest BCUT2D eigenvalue weighted by atomic mass is 10.4. The number of aryl methyl sites for hydroxylation is 2. The van der Waals surface area contributed by atoms with E-state index in [1.54, 1.807) is 19.1 Å². The molecule has 3 nitrogen and oxygen atoms in total. The molecule has 26 heavy (non-hydrogen) atoms. The Morgan fingerprint density at radius 1 is 1.00 bits per heavy atom. The highest BCUT2D eigenvalue weighted by molar-refractivity contribution is 5.14.